The number of carbonyl (C=O) groups excluding carboxylic acids is 4. The third kappa shape index (κ3) is 82.4. The predicted molar refractivity (Wildman–Crippen MR) is 451 cm³/mol. The topological polar surface area (TPSA) is 237 Å². The maximum absolute atomic E-state index is 13.2. The van der Waals surface area contributed by atoms with Gasteiger partial charge in [0.05, 0.1) is 26.4 Å². The Balaban J connectivity index is 5.26. The van der Waals surface area contributed by atoms with E-state index in [4.69, 9.17) is 37.0 Å². The SMILES string of the molecule is CCCCCCCCCCCCCCCCCCCCCC(=O)OC[C@H](COP(=O)(O)OC[C@@H](O)COP(=O)(O)OC[C@@H](COC(=O)CCCCCCCCCCCCCCC)OC(=O)CCCCCCCCCCCCCCCCC(C)CC)OC(=O)CCCCCCCCCCCCCCCCCCCCC. The van der Waals surface area contributed by atoms with Crippen LogP contribution >= 0.6 is 15.6 Å². The molecule has 0 saturated heterocycles. The van der Waals surface area contributed by atoms with Crippen molar-refractivity contribution >= 4 is 39.5 Å². The number of phosphoric acid groups is 2. The highest BCUT2D eigenvalue weighted by atomic mass is 31.2. The Morgan fingerprint density at radius 3 is 0.651 bits per heavy atom. The number of esters is 4. The van der Waals surface area contributed by atoms with E-state index in [1.54, 1.807) is 0 Å². The molecule has 19 heteroatoms. The zero-order valence-corrected chi connectivity index (χ0v) is 73.5. The molecule has 0 aromatic rings. The summed E-state index contributed by atoms with van der Waals surface area (Å²) in [6.07, 6.45) is 77.6. The van der Waals surface area contributed by atoms with E-state index in [0.29, 0.717) is 25.7 Å². The maximum atomic E-state index is 13.2. The quantitative estimate of drug-likeness (QED) is 0.0222. The van der Waals surface area contributed by atoms with Crippen molar-refractivity contribution in [3.05, 3.63) is 0 Å². The highest BCUT2D eigenvalue weighted by Gasteiger charge is 2.31. The molecule has 0 aliphatic carbocycles. The average Bonchev–Trinajstić information content (AvgIpc) is 0.904. The molecule has 6 atom stereocenters. The van der Waals surface area contributed by atoms with Crippen LogP contribution in [0, 0.1) is 5.92 Å². The molecule has 109 heavy (non-hydrogen) atoms. The number of hydrogen-bond donors (Lipinski definition) is 3. The van der Waals surface area contributed by atoms with Gasteiger partial charge in [-0.05, 0) is 31.6 Å². The number of unbranched alkanes of at least 4 members (excludes halogenated alkanes) is 61. The van der Waals surface area contributed by atoms with Crippen LogP contribution in [-0.2, 0) is 65.4 Å². The first-order valence-electron chi connectivity index (χ1n) is 46.7. The number of phosphoric ester groups is 2. The average molecular weight is 1590 g/mol. The highest BCUT2D eigenvalue weighted by molar-refractivity contribution is 7.47. The number of rotatable bonds is 90. The summed E-state index contributed by atoms with van der Waals surface area (Å²) < 4.78 is 69.1. The van der Waals surface area contributed by atoms with Gasteiger partial charge in [-0.3, -0.25) is 37.3 Å². The fourth-order valence-corrected chi connectivity index (χ4v) is 15.7. The summed E-state index contributed by atoms with van der Waals surface area (Å²) in [5, 5.41) is 10.7. The zero-order valence-electron chi connectivity index (χ0n) is 71.7. The van der Waals surface area contributed by atoms with Crippen LogP contribution in [0.3, 0.4) is 0 Å². The Hall–Kier alpha value is -1.94. The molecule has 0 saturated carbocycles. The lowest BCUT2D eigenvalue weighted by Gasteiger charge is -2.21. The summed E-state index contributed by atoms with van der Waals surface area (Å²) in [7, 11) is -9.93. The third-order valence-electron chi connectivity index (χ3n) is 21.6. The normalized spacial score (nSPS) is 13.9. The molecule has 0 aromatic carbocycles. The van der Waals surface area contributed by atoms with Gasteiger partial charge in [0.2, 0.25) is 0 Å². The molecule has 0 aliphatic heterocycles. The summed E-state index contributed by atoms with van der Waals surface area (Å²) in [4.78, 5) is 73.4. The van der Waals surface area contributed by atoms with Gasteiger partial charge in [0, 0.05) is 25.7 Å². The molecule has 648 valence electrons. The van der Waals surface area contributed by atoms with Crippen molar-refractivity contribution < 1.29 is 80.2 Å². The van der Waals surface area contributed by atoms with Crippen LogP contribution in [0.1, 0.15) is 490 Å². The van der Waals surface area contributed by atoms with Gasteiger partial charge in [-0.2, -0.15) is 0 Å². The standard InChI is InChI=1S/C90H176O17P2/c1-6-10-13-16-19-22-25-28-30-32-34-36-38-44-49-54-59-64-69-74-88(93)101-80-86(106-89(94)75-70-65-60-55-50-45-39-37-35-33-31-29-26-23-20-17-14-11-7-2)82-105-109(98,99)103-78-84(91)77-102-108(96,97)104-81-85(79-100-87(92)73-68-63-58-53-48-42-27-24-21-18-15-12-8-3)107-90(95)76-71-66-61-56-51-46-41-40-43-47-52-57-62-67-72-83(5)9-4/h83-86,91H,6-82H2,1-5H3,(H,96,97)(H,98,99)/t83?,84-,85+,86+/m0/s1. The first-order chi connectivity index (χ1) is 53.1. The molecule has 0 aromatic heterocycles. The molecular formula is C90H176O17P2. The first-order valence-corrected chi connectivity index (χ1v) is 49.7. The van der Waals surface area contributed by atoms with Crippen LogP contribution in [0.2, 0.25) is 0 Å². The highest BCUT2D eigenvalue weighted by Crippen LogP contribution is 2.45. The van der Waals surface area contributed by atoms with Crippen molar-refractivity contribution in [1.29, 1.82) is 0 Å². The predicted octanol–water partition coefficient (Wildman–Crippen LogP) is 27.9. The molecule has 17 nitrogen and oxygen atoms in total. The first kappa shape index (κ1) is 107. The second-order valence-corrected chi connectivity index (χ2v) is 35.5. The minimum atomic E-state index is -4.97. The summed E-state index contributed by atoms with van der Waals surface area (Å²) in [5.41, 5.74) is 0. The molecule has 0 bridgehead atoms. The van der Waals surface area contributed by atoms with Gasteiger partial charge in [0.15, 0.2) is 12.2 Å². The van der Waals surface area contributed by atoms with Crippen LogP contribution in [-0.4, -0.2) is 96.7 Å². The van der Waals surface area contributed by atoms with Crippen molar-refractivity contribution in [3.8, 4) is 0 Å². The monoisotopic (exact) mass is 1590 g/mol. The summed E-state index contributed by atoms with van der Waals surface area (Å²) >= 11 is 0. The number of aliphatic hydroxyl groups excluding tert-OH is 1. The van der Waals surface area contributed by atoms with E-state index >= 15 is 0 Å². The second-order valence-electron chi connectivity index (χ2n) is 32.6. The van der Waals surface area contributed by atoms with E-state index in [9.17, 15) is 43.2 Å². The van der Waals surface area contributed by atoms with E-state index < -0.39 is 97.5 Å². The smallest absolute Gasteiger partial charge is 0.462 e. The maximum Gasteiger partial charge on any atom is 0.472 e. The molecule has 3 N–H and O–H groups in total. The van der Waals surface area contributed by atoms with Crippen LogP contribution in [0.5, 0.6) is 0 Å². The van der Waals surface area contributed by atoms with Gasteiger partial charge in [0.25, 0.3) is 0 Å². The second kappa shape index (κ2) is 82.6. The fraction of sp³-hybridized carbons (Fsp3) is 0.956. The van der Waals surface area contributed by atoms with Gasteiger partial charge < -0.3 is 33.8 Å². The molecule has 0 spiro atoms. The molecule has 0 rings (SSSR count). The van der Waals surface area contributed by atoms with Gasteiger partial charge >= 0.3 is 39.5 Å². The lowest BCUT2D eigenvalue weighted by atomic mass is 9.99. The molecule has 0 heterocycles. The largest absolute Gasteiger partial charge is 0.472 e. The lowest BCUT2D eigenvalue weighted by molar-refractivity contribution is -0.161. The van der Waals surface area contributed by atoms with E-state index in [1.165, 1.54) is 315 Å². The van der Waals surface area contributed by atoms with Gasteiger partial charge in [0.1, 0.15) is 19.3 Å². The minimum absolute atomic E-state index is 0.109. The molecule has 0 fully saturated rings. The molecule has 0 radical (unpaired) electrons. The van der Waals surface area contributed by atoms with Gasteiger partial charge in [-0.15, -0.1) is 0 Å². The number of hydrogen-bond acceptors (Lipinski definition) is 15. The van der Waals surface area contributed by atoms with Crippen molar-refractivity contribution in [2.24, 2.45) is 5.92 Å². The molecule has 0 amide bonds. The molecule has 3 unspecified atom stereocenters. The van der Waals surface area contributed by atoms with Crippen LogP contribution < -0.4 is 0 Å². The van der Waals surface area contributed by atoms with Crippen molar-refractivity contribution in [3.63, 3.8) is 0 Å². The summed E-state index contributed by atoms with van der Waals surface area (Å²) in [6.45, 7) is 7.45. The van der Waals surface area contributed by atoms with Crippen LogP contribution in [0.15, 0.2) is 0 Å². The Morgan fingerprint density at radius 1 is 0.257 bits per heavy atom. The Bertz CT molecular complexity index is 2070. The molecular weight excluding hydrogens is 1410 g/mol. The van der Waals surface area contributed by atoms with E-state index in [2.05, 4.69) is 34.6 Å². The minimum Gasteiger partial charge on any atom is -0.462 e. The number of carbonyl (C=O) groups is 4. The fourth-order valence-electron chi connectivity index (χ4n) is 14.1. The third-order valence-corrected chi connectivity index (χ3v) is 23.5. The Kier molecular flexibility index (Phi) is 81.1. The lowest BCUT2D eigenvalue weighted by Crippen LogP contribution is -2.30. The van der Waals surface area contributed by atoms with Crippen LogP contribution in [0.25, 0.3) is 0 Å². The number of aliphatic hydroxyl groups is 1. The van der Waals surface area contributed by atoms with Crippen molar-refractivity contribution in [1.82, 2.24) is 0 Å². The van der Waals surface area contributed by atoms with E-state index in [1.807, 2.05) is 0 Å². The zero-order chi connectivity index (χ0) is 79.7. The van der Waals surface area contributed by atoms with Crippen molar-refractivity contribution in [2.75, 3.05) is 39.6 Å². The van der Waals surface area contributed by atoms with Gasteiger partial charge in [-0.25, -0.2) is 9.13 Å². The van der Waals surface area contributed by atoms with E-state index in [0.717, 1.165) is 95.8 Å². The summed E-state index contributed by atoms with van der Waals surface area (Å²) in [5.74, 6) is -1.25. The Labute approximate surface area is 670 Å². The summed E-state index contributed by atoms with van der Waals surface area (Å²) in [6, 6.07) is 0. The van der Waals surface area contributed by atoms with E-state index in [-0.39, 0.29) is 25.7 Å². The molecule has 0 aliphatic rings. The van der Waals surface area contributed by atoms with Crippen LogP contribution in [0.4, 0.5) is 0 Å². The van der Waals surface area contributed by atoms with Crippen molar-refractivity contribution in [2.45, 2.75) is 509 Å². The van der Waals surface area contributed by atoms with Gasteiger partial charge in [-0.1, -0.05) is 439 Å². The Morgan fingerprint density at radius 2 is 0.440 bits per heavy atom. The number of ether oxygens (including phenoxy) is 4.